The lowest BCUT2D eigenvalue weighted by Gasteiger charge is -2.16. The molecule has 0 fully saturated rings. The maximum Gasteiger partial charge on any atom is 0.0522 e. The van der Waals surface area contributed by atoms with E-state index in [0.29, 0.717) is 0 Å². The average molecular weight is 194 g/mol. The summed E-state index contributed by atoms with van der Waals surface area (Å²) < 4.78 is 0. The van der Waals surface area contributed by atoms with Crippen LogP contribution in [0.5, 0.6) is 0 Å². The molecule has 1 heterocycles. The highest BCUT2D eigenvalue weighted by Crippen LogP contribution is 2.22. The van der Waals surface area contributed by atoms with Crippen molar-refractivity contribution in [1.29, 1.82) is 0 Å². The second kappa shape index (κ2) is 5.84. The number of nitrogens with one attached hydrogen (secondary N) is 1. The van der Waals surface area contributed by atoms with Crippen molar-refractivity contribution in [2.75, 3.05) is 0 Å². The summed E-state index contributed by atoms with van der Waals surface area (Å²) in [6.45, 7) is 6.66. The molecule has 1 aromatic heterocycles. The summed E-state index contributed by atoms with van der Waals surface area (Å²) in [5.41, 5.74) is 2.79. The Balaban J connectivity index is 0.000000213. The van der Waals surface area contributed by atoms with Gasteiger partial charge in [-0.05, 0) is 30.7 Å². The van der Waals surface area contributed by atoms with Gasteiger partial charge in [0.2, 0.25) is 0 Å². The number of hydrogen-bond acceptors (Lipinski definition) is 1. The molecule has 0 aromatic carbocycles. The molecule has 1 aliphatic carbocycles. The number of fused-ring (bicyclic) bond motifs is 1. The lowest BCUT2D eigenvalue weighted by molar-refractivity contribution is 0.497. The van der Waals surface area contributed by atoms with Crippen LogP contribution in [0.3, 0.4) is 0 Å². The number of aromatic nitrogens is 2. The molecule has 1 unspecified atom stereocenters. The van der Waals surface area contributed by atoms with Crippen molar-refractivity contribution in [2.24, 2.45) is 5.92 Å². The smallest absolute Gasteiger partial charge is 0.0522 e. The van der Waals surface area contributed by atoms with Crippen LogP contribution in [0, 0.1) is 5.92 Å². The van der Waals surface area contributed by atoms with Crippen molar-refractivity contribution in [1.82, 2.24) is 10.2 Å². The maximum atomic E-state index is 4.01. The van der Waals surface area contributed by atoms with Gasteiger partial charge in [-0.2, -0.15) is 5.10 Å². The Morgan fingerprint density at radius 3 is 2.79 bits per heavy atom. The highest BCUT2D eigenvalue weighted by Gasteiger charge is 2.15. The number of aryl methyl sites for hydroxylation is 1. The molecule has 0 spiro atoms. The summed E-state index contributed by atoms with van der Waals surface area (Å²) in [6.07, 6.45) is 8.32. The average Bonchev–Trinajstić information content (AvgIpc) is 2.65. The molecule has 0 saturated carbocycles. The summed E-state index contributed by atoms with van der Waals surface area (Å²) in [6, 6.07) is 0. The van der Waals surface area contributed by atoms with Gasteiger partial charge in [-0.25, -0.2) is 0 Å². The number of aromatic amines is 1. The van der Waals surface area contributed by atoms with E-state index in [0.717, 1.165) is 5.92 Å². The van der Waals surface area contributed by atoms with Gasteiger partial charge in [0.1, 0.15) is 0 Å². The molecule has 2 nitrogen and oxygen atoms in total. The van der Waals surface area contributed by atoms with Crippen LogP contribution >= 0.6 is 0 Å². The zero-order chi connectivity index (χ0) is 10.4. The lowest BCUT2D eigenvalue weighted by atomic mass is 9.89. The van der Waals surface area contributed by atoms with Gasteiger partial charge in [0, 0.05) is 5.69 Å². The topological polar surface area (TPSA) is 28.7 Å². The van der Waals surface area contributed by atoms with E-state index in [1.165, 1.54) is 43.4 Å². The zero-order valence-electron chi connectivity index (χ0n) is 9.64. The van der Waals surface area contributed by atoms with Crippen LogP contribution in [0.1, 0.15) is 51.3 Å². The quantitative estimate of drug-likeness (QED) is 0.729. The van der Waals surface area contributed by atoms with Crippen LogP contribution in [-0.2, 0) is 12.8 Å². The first-order valence-corrected chi connectivity index (χ1v) is 5.79. The molecule has 0 radical (unpaired) electrons. The van der Waals surface area contributed by atoms with E-state index >= 15 is 0 Å². The van der Waals surface area contributed by atoms with Crippen LogP contribution in [0.15, 0.2) is 6.20 Å². The Morgan fingerprint density at radius 1 is 1.43 bits per heavy atom. The van der Waals surface area contributed by atoms with Crippen molar-refractivity contribution in [3.63, 3.8) is 0 Å². The Labute approximate surface area is 87.1 Å². The predicted molar refractivity (Wildman–Crippen MR) is 60.4 cm³/mol. The Hall–Kier alpha value is -0.790. The summed E-state index contributed by atoms with van der Waals surface area (Å²) in [7, 11) is 0. The van der Waals surface area contributed by atoms with E-state index in [1.807, 2.05) is 6.20 Å². The standard InChI is InChI=1S/C8H12N2.C4H10/c1-6-2-3-8-7(4-6)5-9-10-8;1-3-4-2/h5-6H,2-4H2,1H3,(H,9,10);3-4H2,1-2H3. The van der Waals surface area contributed by atoms with Gasteiger partial charge in [0.15, 0.2) is 0 Å². The van der Waals surface area contributed by atoms with E-state index in [2.05, 4.69) is 31.0 Å². The summed E-state index contributed by atoms with van der Waals surface area (Å²) >= 11 is 0. The van der Waals surface area contributed by atoms with Gasteiger partial charge in [-0.3, -0.25) is 5.10 Å². The number of hydrogen-bond donors (Lipinski definition) is 1. The summed E-state index contributed by atoms with van der Waals surface area (Å²) in [4.78, 5) is 0. The molecule has 14 heavy (non-hydrogen) atoms. The molecule has 1 aromatic rings. The van der Waals surface area contributed by atoms with Crippen molar-refractivity contribution in [2.45, 2.75) is 52.9 Å². The minimum atomic E-state index is 0.852. The fraction of sp³-hybridized carbons (Fsp3) is 0.750. The minimum absolute atomic E-state index is 0.852. The van der Waals surface area contributed by atoms with Gasteiger partial charge in [-0.1, -0.05) is 33.6 Å². The molecule has 1 atom stereocenters. The largest absolute Gasteiger partial charge is 0.282 e. The van der Waals surface area contributed by atoms with Crippen LogP contribution < -0.4 is 0 Å². The van der Waals surface area contributed by atoms with E-state index < -0.39 is 0 Å². The first-order valence-electron chi connectivity index (χ1n) is 5.79. The van der Waals surface area contributed by atoms with E-state index in [9.17, 15) is 0 Å². The van der Waals surface area contributed by atoms with Crippen LogP contribution in [0.2, 0.25) is 0 Å². The number of H-pyrrole nitrogens is 1. The Bertz CT molecular complexity index is 251. The zero-order valence-corrected chi connectivity index (χ0v) is 9.64. The molecule has 1 N–H and O–H groups in total. The van der Waals surface area contributed by atoms with Gasteiger partial charge in [0.05, 0.1) is 6.20 Å². The molecule has 2 heteroatoms. The first-order chi connectivity index (χ1) is 6.77. The van der Waals surface area contributed by atoms with E-state index in [1.54, 1.807) is 0 Å². The molecule has 1 aliphatic rings. The highest BCUT2D eigenvalue weighted by atomic mass is 15.1. The van der Waals surface area contributed by atoms with Crippen LogP contribution in [0.4, 0.5) is 0 Å². The molecule has 80 valence electrons. The van der Waals surface area contributed by atoms with Gasteiger partial charge in [-0.15, -0.1) is 0 Å². The normalized spacial score (nSPS) is 19.5. The first kappa shape index (κ1) is 11.3. The number of unbranched alkanes of at least 4 members (excludes halogenated alkanes) is 1. The molecular formula is C12H22N2. The molecule has 2 rings (SSSR count). The van der Waals surface area contributed by atoms with Crippen molar-refractivity contribution in [3.8, 4) is 0 Å². The Morgan fingerprint density at radius 2 is 2.14 bits per heavy atom. The maximum absolute atomic E-state index is 4.01. The third-order valence-corrected chi connectivity index (χ3v) is 2.76. The highest BCUT2D eigenvalue weighted by molar-refractivity contribution is 5.19. The lowest BCUT2D eigenvalue weighted by Crippen LogP contribution is -2.09. The van der Waals surface area contributed by atoms with E-state index in [-0.39, 0.29) is 0 Å². The fourth-order valence-corrected chi connectivity index (χ4v) is 1.60. The fourth-order valence-electron chi connectivity index (χ4n) is 1.60. The second-order valence-electron chi connectivity index (χ2n) is 4.22. The van der Waals surface area contributed by atoms with Crippen LogP contribution in [0.25, 0.3) is 0 Å². The third-order valence-electron chi connectivity index (χ3n) is 2.76. The third kappa shape index (κ3) is 3.17. The van der Waals surface area contributed by atoms with Gasteiger partial charge >= 0.3 is 0 Å². The SMILES string of the molecule is CC1CCc2[nH]ncc2C1.CCCC. The molecular weight excluding hydrogens is 172 g/mol. The molecule has 0 saturated heterocycles. The number of nitrogens with zero attached hydrogens (tertiary/aromatic N) is 1. The molecule has 0 aliphatic heterocycles. The molecule has 0 amide bonds. The number of rotatable bonds is 1. The minimum Gasteiger partial charge on any atom is -0.282 e. The monoisotopic (exact) mass is 194 g/mol. The predicted octanol–water partition coefficient (Wildman–Crippen LogP) is 3.34. The van der Waals surface area contributed by atoms with Crippen molar-refractivity contribution >= 4 is 0 Å². The van der Waals surface area contributed by atoms with Crippen LogP contribution in [-0.4, -0.2) is 10.2 Å². The van der Waals surface area contributed by atoms with Gasteiger partial charge < -0.3 is 0 Å². The Kier molecular flexibility index (Phi) is 4.71. The summed E-state index contributed by atoms with van der Waals surface area (Å²) in [5.74, 6) is 0.852. The van der Waals surface area contributed by atoms with Crippen molar-refractivity contribution < 1.29 is 0 Å². The van der Waals surface area contributed by atoms with E-state index in [4.69, 9.17) is 0 Å². The van der Waals surface area contributed by atoms with Crippen molar-refractivity contribution in [3.05, 3.63) is 17.5 Å². The second-order valence-corrected chi connectivity index (χ2v) is 4.22. The molecule has 0 bridgehead atoms. The summed E-state index contributed by atoms with van der Waals surface area (Å²) in [5, 5.41) is 7.04. The van der Waals surface area contributed by atoms with Gasteiger partial charge in [0.25, 0.3) is 0 Å².